The van der Waals surface area contributed by atoms with E-state index in [2.05, 4.69) is 0 Å². The highest BCUT2D eigenvalue weighted by Crippen LogP contribution is 2.29. The Hall–Kier alpha value is -2.48. The van der Waals surface area contributed by atoms with Crippen molar-refractivity contribution in [3.05, 3.63) is 53.1 Å². The number of rotatable bonds is 4. The van der Waals surface area contributed by atoms with Crippen LogP contribution in [0.5, 0.6) is 11.5 Å². The average molecular weight is 323 g/mol. The van der Waals surface area contributed by atoms with Crippen LogP contribution in [0, 0.1) is 0 Å². The van der Waals surface area contributed by atoms with Crippen LogP contribution in [0.3, 0.4) is 0 Å². The van der Waals surface area contributed by atoms with E-state index in [0.717, 1.165) is 5.01 Å². The fourth-order valence-corrected chi connectivity index (χ4v) is 2.04. The van der Waals surface area contributed by atoms with Gasteiger partial charge in [0.2, 0.25) is 0 Å². The molecule has 2 rings (SSSR count). The van der Waals surface area contributed by atoms with Gasteiger partial charge in [0, 0.05) is 11.6 Å². The lowest BCUT2D eigenvalue weighted by molar-refractivity contribution is 0.246. The maximum Gasteiger partial charge on any atom is 0.350 e. The minimum Gasteiger partial charge on any atom is -0.508 e. The Labute approximate surface area is 132 Å². The third-order valence-corrected chi connectivity index (χ3v) is 3.19. The Kier molecular flexibility index (Phi) is 5.05. The molecule has 0 heterocycles. The molecule has 2 amide bonds. The summed E-state index contributed by atoms with van der Waals surface area (Å²) < 4.78 is 5.59. The van der Waals surface area contributed by atoms with Crippen LogP contribution in [0.4, 0.5) is 10.5 Å². The molecular weight excluding hydrogens is 308 g/mol. The molecule has 0 saturated carbocycles. The van der Waals surface area contributed by atoms with Gasteiger partial charge in [0.05, 0.1) is 10.7 Å². The summed E-state index contributed by atoms with van der Waals surface area (Å²) in [5, 5.41) is 10.5. The van der Waals surface area contributed by atoms with E-state index in [0.29, 0.717) is 17.0 Å². The van der Waals surface area contributed by atoms with E-state index in [-0.39, 0.29) is 17.4 Å². The second-order valence-electron chi connectivity index (χ2n) is 4.35. The maximum atomic E-state index is 11.5. The molecule has 0 aromatic heterocycles. The van der Waals surface area contributed by atoms with E-state index < -0.39 is 6.03 Å². The number of nitrogens with two attached hydrogens (primary N) is 2. The van der Waals surface area contributed by atoms with Gasteiger partial charge in [-0.2, -0.15) is 0 Å². The van der Waals surface area contributed by atoms with Crippen LogP contribution in [0.25, 0.3) is 0 Å². The summed E-state index contributed by atoms with van der Waals surface area (Å²) in [4.78, 5) is 11.5. The standard InChI is InChI=1S/C14H15ClN4O3/c15-11-7-10(20)5-6-13(11)22-8-9-3-1-2-4-12(9)19(17)14(21)18-16/h1-7,20H,8,16-17H2,(H,18,21). The van der Waals surface area contributed by atoms with Gasteiger partial charge in [0.25, 0.3) is 0 Å². The molecule has 0 unspecified atom stereocenters. The number of aromatic hydroxyl groups is 1. The molecular formula is C14H15ClN4O3. The van der Waals surface area contributed by atoms with E-state index in [4.69, 9.17) is 28.0 Å². The molecule has 116 valence electrons. The molecule has 0 aliphatic heterocycles. The first-order valence-electron chi connectivity index (χ1n) is 6.27. The van der Waals surface area contributed by atoms with E-state index in [1.807, 2.05) is 5.43 Å². The second-order valence-corrected chi connectivity index (χ2v) is 4.76. The van der Waals surface area contributed by atoms with Crippen LogP contribution in [0.15, 0.2) is 42.5 Å². The summed E-state index contributed by atoms with van der Waals surface area (Å²) in [6, 6.07) is 10.7. The third-order valence-electron chi connectivity index (χ3n) is 2.89. The summed E-state index contributed by atoms with van der Waals surface area (Å²) in [6.07, 6.45) is 0. The van der Waals surface area contributed by atoms with E-state index in [1.165, 1.54) is 12.1 Å². The molecule has 8 heteroatoms. The predicted molar refractivity (Wildman–Crippen MR) is 83.3 cm³/mol. The van der Waals surface area contributed by atoms with Crippen molar-refractivity contribution < 1.29 is 14.6 Å². The molecule has 0 aliphatic carbocycles. The first kappa shape index (κ1) is 15.9. The molecule has 6 N–H and O–H groups in total. The van der Waals surface area contributed by atoms with E-state index in [1.54, 1.807) is 30.3 Å². The zero-order chi connectivity index (χ0) is 16.1. The van der Waals surface area contributed by atoms with Gasteiger partial charge >= 0.3 is 6.03 Å². The van der Waals surface area contributed by atoms with Crippen LogP contribution in [-0.4, -0.2) is 11.1 Å². The SMILES string of the molecule is NNC(=O)N(N)c1ccccc1COc1ccc(O)cc1Cl. The highest BCUT2D eigenvalue weighted by atomic mass is 35.5. The molecule has 0 atom stereocenters. The van der Waals surface area contributed by atoms with E-state index >= 15 is 0 Å². The van der Waals surface area contributed by atoms with Crippen molar-refractivity contribution in [1.82, 2.24) is 5.43 Å². The highest BCUT2D eigenvalue weighted by molar-refractivity contribution is 6.32. The molecule has 0 aliphatic rings. The zero-order valence-electron chi connectivity index (χ0n) is 11.5. The first-order chi connectivity index (χ1) is 10.5. The van der Waals surface area contributed by atoms with Crippen molar-refractivity contribution in [1.29, 1.82) is 0 Å². The quantitative estimate of drug-likeness (QED) is 0.390. The minimum atomic E-state index is -0.657. The Balaban J connectivity index is 2.18. The topological polar surface area (TPSA) is 114 Å². The smallest absolute Gasteiger partial charge is 0.350 e. The summed E-state index contributed by atoms with van der Waals surface area (Å²) in [5.41, 5.74) is 3.06. The first-order valence-corrected chi connectivity index (χ1v) is 6.65. The van der Waals surface area contributed by atoms with E-state index in [9.17, 15) is 9.90 Å². The number of hydrogen-bond donors (Lipinski definition) is 4. The Morgan fingerprint density at radius 1 is 1.32 bits per heavy atom. The number of hydrogen-bond acceptors (Lipinski definition) is 5. The number of phenolic OH excluding ortho intramolecular Hbond substituents is 1. The fourth-order valence-electron chi connectivity index (χ4n) is 1.81. The number of carbonyl (C=O) groups excluding carboxylic acids is 1. The number of carbonyl (C=O) groups is 1. The number of urea groups is 1. The molecule has 0 spiro atoms. The molecule has 2 aromatic rings. The van der Waals surface area contributed by atoms with Gasteiger partial charge in [-0.1, -0.05) is 29.8 Å². The van der Waals surface area contributed by atoms with Crippen molar-refractivity contribution in [2.45, 2.75) is 6.61 Å². The number of nitrogens with zero attached hydrogens (tertiary/aromatic N) is 1. The van der Waals surface area contributed by atoms with Crippen LogP contribution in [0.2, 0.25) is 5.02 Å². The van der Waals surface area contributed by atoms with Gasteiger partial charge < -0.3 is 9.84 Å². The number of hydrazine groups is 2. The van der Waals surface area contributed by atoms with Crippen molar-refractivity contribution >= 4 is 23.3 Å². The fraction of sp³-hybridized carbons (Fsp3) is 0.0714. The van der Waals surface area contributed by atoms with Crippen molar-refractivity contribution in [2.75, 3.05) is 5.01 Å². The molecule has 0 saturated heterocycles. The predicted octanol–water partition coefficient (Wildman–Crippen LogP) is 1.89. The number of halogens is 1. The Morgan fingerprint density at radius 2 is 2.05 bits per heavy atom. The average Bonchev–Trinajstić information content (AvgIpc) is 2.53. The highest BCUT2D eigenvalue weighted by Gasteiger charge is 2.14. The monoisotopic (exact) mass is 322 g/mol. The normalized spacial score (nSPS) is 10.1. The van der Waals surface area contributed by atoms with Gasteiger partial charge in [-0.15, -0.1) is 0 Å². The van der Waals surface area contributed by atoms with Gasteiger partial charge in [-0.25, -0.2) is 21.5 Å². The summed E-state index contributed by atoms with van der Waals surface area (Å²) in [5.74, 6) is 11.2. The summed E-state index contributed by atoms with van der Waals surface area (Å²) in [6.45, 7) is 0.131. The zero-order valence-corrected chi connectivity index (χ0v) is 12.2. The van der Waals surface area contributed by atoms with Crippen molar-refractivity contribution in [3.8, 4) is 11.5 Å². The lowest BCUT2D eigenvalue weighted by Gasteiger charge is -2.19. The minimum absolute atomic E-state index is 0.0468. The molecule has 7 nitrogen and oxygen atoms in total. The maximum absolute atomic E-state index is 11.5. The van der Waals surface area contributed by atoms with Crippen LogP contribution < -0.4 is 26.9 Å². The van der Waals surface area contributed by atoms with Gasteiger partial charge in [-0.05, 0) is 18.2 Å². The molecule has 0 fully saturated rings. The molecule has 22 heavy (non-hydrogen) atoms. The van der Waals surface area contributed by atoms with Gasteiger partial charge in [-0.3, -0.25) is 5.43 Å². The largest absolute Gasteiger partial charge is 0.508 e. The lowest BCUT2D eigenvalue weighted by Crippen LogP contribution is -2.48. The summed E-state index contributed by atoms with van der Waals surface area (Å²) >= 11 is 5.97. The third kappa shape index (κ3) is 3.59. The second kappa shape index (κ2) is 6.99. The number of anilines is 1. The van der Waals surface area contributed by atoms with Crippen molar-refractivity contribution in [3.63, 3.8) is 0 Å². The lowest BCUT2D eigenvalue weighted by atomic mass is 10.2. The number of nitrogens with one attached hydrogen (secondary N) is 1. The van der Waals surface area contributed by atoms with Crippen molar-refractivity contribution in [2.24, 2.45) is 11.7 Å². The number of para-hydroxylation sites is 1. The van der Waals surface area contributed by atoms with Crippen LogP contribution >= 0.6 is 11.6 Å². The van der Waals surface area contributed by atoms with Crippen LogP contribution in [0.1, 0.15) is 5.56 Å². The molecule has 2 aromatic carbocycles. The number of ether oxygens (including phenoxy) is 1. The Morgan fingerprint density at radius 3 is 2.73 bits per heavy atom. The number of amides is 2. The summed E-state index contributed by atoms with van der Waals surface area (Å²) in [7, 11) is 0. The number of phenols is 1. The number of benzene rings is 2. The molecule has 0 radical (unpaired) electrons. The van der Waals surface area contributed by atoms with Gasteiger partial charge in [0.1, 0.15) is 18.1 Å². The Bertz CT molecular complexity index is 681. The van der Waals surface area contributed by atoms with Crippen LogP contribution in [-0.2, 0) is 6.61 Å². The van der Waals surface area contributed by atoms with Gasteiger partial charge in [0.15, 0.2) is 0 Å². The molecule has 0 bridgehead atoms.